The zero-order valence-corrected chi connectivity index (χ0v) is 18.7. The van der Waals surface area contributed by atoms with E-state index < -0.39 is 0 Å². The predicted molar refractivity (Wildman–Crippen MR) is 121 cm³/mol. The van der Waals surface area contributed by atoms with Crippen molar-refractivity contribution in [1.82, 2.24) is 20.1 Å². The maximum atomic E-state index is 13.2. The van der Waals surface area contributed by atoms with Gasteiger partial charge in [-0.2, -0.15) is 5.10 Å². The van der Waals surface area contributed by atoms with Crippen LogP contribution in [0, 0.1) is 0 Å². The number of fused-ring (bicyclic) bond motifs is 1. The summed E-state index contributed by atoms with van der Waals surface area (Å²) >= 11 is 0. The van der Waals surface area contributed by atoms with E-state index >= 15 is 0 Å². The standard InChI is InChI=1S/C23H29N5O4/c1-4-28-22-18(14-26-28)21(27-16-7-9-32-10-8-16)19(13-24-22)23(29)25-12-15-5-6-17(30-2)11-20(15)31-3/h5-6,11,13-14,16H,4,7-10,12H2,1-3H3,(H,24,27)(H,25,29). The summed E-state index contributed by atoms with van der Waals surface area (Å²) in [5, 5.41) is 11.8. The fourth-order valence-electron chi connectivity index (χ4n) is 3.90. The first-order chi connectivity index (χ1) is 15.6. The molecule has 32 heavy (non-hydrogen) atoms. The van der Waals surface area contributed by atoms with Gasteiger partial charge in [0.05, 0.1) is 37.1 Å². The highest BCUT2D eigenvalue weighted by Gasteiger charge is 2.22. The zero-order chi connectivity index (χ0) is 22.5. The van der Waals surface area contributed by atoms with Gasteiger partial charge in [0.2, 0.25) is 0 Å². The molecule has 1 aliphatic rings. The molecule has 0 spiro atoms. The molecule has 0 saturated carbocycles. The Bertz CT molecular complexity index is 1090. The Morgan fingerprint density at radius 3 is 2.75 bits per heavy atom. The largest absolute Gasteiger partial charge is 0.497 e. The molecule has 2 N–H and O–H groups in total. The number of hydrogen-bond donors (Lipinski definition) is 2. The first kappa shape index (κ1) is 21.9. The summed E-state index contributed by atoms with van der Waals surface area (Å²) in [4.78, 5) is 17.7. The van der Waals surface area contributed by atoms with E-state index in [0.29, 0.717) is 43.4 Å². The molecular formula is C23H29N5O4. The molecule has 1 saturated heterocycles. The Hall–Kier alpha value is -3.33. The van der Waals surface area contributed by atoms with Gasteiger partial charge < -0.3 is 24.8 Å². The van der Waals surface area contributed by atoms with Crippen LogP contribution in [-0.2, 0) is 17.8 Å². The quantitative estimate of drug-likeness (QED) is 0.557. The van der Waals surface area contributed by atoms with Crippen LogP contribution in [0.15, 0.2) is 30.6 Å². The van der Waals surface area contributed by atoms with E-state index in [9.17, 15) is 4.79 Å². The van der Waals surface area contributed by atoms with Crippen molar-refractivity contribution in [3.05, 3.63) is 41.7 Å². The van der Waals surface area contributed by atoms with E-state index in [1.807, 2.05) is 23.7 Å². The lowest BCUT2D eigenvalue weighted by Gasteiger charge is -2.25. The lowest BCUT2D eigenvalue weighted by Crippen LogP contribution is -2.30. The molecular weight excluding hydrogens is 410 g/mol. The number of nitrogens with one attached hydrogen (secondary N) is 2. The summed E-state index contributed by atoms with van der Waals surface area (Å²) in [6.45, 7) is 4.45. The fraction of sp³-hybridized carbons (Fsp3) is 0.435. The summed E-state index contributed by atoms with van der Waals surface area (Å²) in [5.41, 5.74) is 2.87. The highest BCUT2D eigenvalue weighted by Crippen LogP contribution is 2.29. The molecule has 0 radical (unpaired) electrons. The number of aromatic nitrogens is 3. The minimum atomic E-state index is -0.212. The number of methoxy groups -OCH3 is 2. The molecule has 9 heteroatoms. The van der Waals surface area contributed by atoms with Crippen molar-refractivity contribution >= 4 is 22.6 Å². The number of aryl methyl sites for hydroxylation is 1. The number of amides is 1. The third kappa shape index (κ3) is 4.47. The lowest BCUT2D eigenvalue weighted by atomic mass is 10.1. The van der Waals surface area contributed by atoms with Crippen molar-refractivity contribution in [2.24, 2.45) is 0 Å². The number of carbonyl (C=O) groups is 1. The summed E-state index contributed by atoms with van der Waals surface area (Å²) in [6.07, 6.45) is 5.17. The Kier molecular flexibility index (Phi) is 6.75. The molecule has 3 heterocycles. The normalized spacial score (nSPS) is 14.3. The van der Waals surface area contributed by atoms with Crippen molar-refractivity contribution < 1.29 is 19.0 Å². The minimum absolute atomic E-state index is 0.212. The van der Waals surface area contributed by atoms with Crippen LogP contribution in [0.25, 0.3) is 11.0 Å². The first-order valence-electron chi connectivity index (χ1n) is 10.8. The van der Waals surface area contributed by atoms with Crippen molar-refractivity contribution in [3.63, 3.8) is 0 Å². The van der Waals surface area contributed by atoms with E-state index in [-0.39, 0.29) is 11.9 Å². The number of anilines is 1. The molecule has 3 aromatic rings. The Morgan fingerprint density at radius 2 is 2.03 bits per heavy atom. The van der Waals surface area contributed by atoms with Gasteiger partial charge in [0.25, 0.3) is 5.91 Å². The van der Waals surface area contributed by atoms with Crippen LogP contribution in [-0.4, -0.2) is 54.1 Å². The number of carbonyl (C=O) groups excluding carboxylic acids is 1. The minimum Gasteiger partial charge on any atom is -0.497 e. The van der Waals surface area contributed by atoms with Crippen LogP contribution in [0.3, 0.4) is 0 Å². The Morgan fingerprint density at radius 1 is 1.22 bits per heavy atom. The smallest absolute Gasteiger partial charge is 0.255 e. The second-order valence-corrected chi connectivity index (χ2v) is 7.64. The van der Waals surface area contributed by atoms with Gasteiger partial charge in [-0.25, -0.2) is 9.67 Å². The average Bonchev–Trinajstić information content (AvgIpc) is 3.27. The molecule has 0 atom stereocenters. The Labute approximate surface area is 187 Å². The molecule has 1 fully saturated rings. The molecule has 1 aromatic carbocycles. The third-order valence-electron chi connectivity index (χ3n) is 5.71. The van der Waals surface area contributed by atoms with Crippen molar-refractivity contribution in [2.45, 2.75) is 38.9 Å². The fourth-order valence-corrected chi connectivity index (χ4v) is 3.90. The maximum Gasteiger partial charge on any atom is 0.255 e. The van der Waals surface area contributed by atoms with Crippen LogP contribution >= 0.6 is 0 Å². The van der Waals surface area contributed by atoms with Crippen molar-refractivity contribution in [3.8, 4) is 11.5 Å². The second-order valence-electron chi connectivity index (χ2n) is 7.64. The highest BCUT2D eigenvalue weighted by atomic mass is 16.5. The van der Waals surface area contributed by atoms with E-state index in [4.69, 9.17) is 14.2 Å². The van der Waals surface area contributed by atoms with Crippen LogP contribution in [0.2, 0.25) is 0 Å². The molecule has 1 amide bonds. The van der Waals surface area contributed by atoms with Gasteiger partial charge in [-0.15, -0.1) is 0 Å². The number of pyridine rings is 1. The average molecular weight is 440 g/mol. The summed E-state index contributed by atoms with van der Waals surface area (Å²) in [6, 6.07) is 5.75. The lowest BCUT2D eigenvalue weighted by molar-refractivity contribution is 0.0904. The van der Waals surface area contributed by atoms with Crippen molar-refractivity contribution in [2.75, 3.05) is 32.8 Å². The molecule has 170 valence electrons. The summed E-state index contributed by atoms with van der Waals surface area (Å²) in [5.74, 6) is 1.14. The number of benzene rings is 1. The topological polar surface area (TPSA) is 99.5 Å². The molecule has 9 nitrogen and oxygen atoms in total. The van der Waals surface area contributed by atoms with Gasteiger partial charge in [-0.05, 0) is 31.9 Å². The second kappa shape index (κ2) is 9.86. The Balaban J connectivity index is 1.61. The molecule has 0 bridgehead atoms. The first-order valence-corrected chi connectivity index (χ1v) is 10.8. The number of hydrogen-bond acceptors (Lipinski definition) is 7. The van der Waals surface area contributed by atoms with E-state index in [0.717, 1.165) is 35.1 Å². The van der Waals surface area contributed by atoms with Crippen LogP contribution < -0.4 is 20.1 Å². The van der Waals surface area contributed by atoms with Gasteiger partial charge in [0.15, 0.2) is 5.65 Å². The van der Waals surface area contributed by atoms with E-state index in [1.54, 1.807) is 32.7 Å². The zero-order valence-electron chi connectivity index (χ0n) is 18.7. The molecule has 0 unspecified atom stereocenters. The number of rotatable bonds is 8. The number of nitrogens with zero attached hydrogens (tertiary/aromatic N) is 3. The summed E-state index contributed by atoms with van der Waals surface area (Å²) in [7, 11) is 3.20. The van der Waals surface area contributed by atoms with Gasteiger partial charge in [0.1, 0.15) is 11.5 Å². The molecule has 1 aliphatic heterocycles. The van der Waals surface area contributed by atoms with Gasteiger partial charge in [0, 0.05) is 50.2 Å². The highest BCUT2D eigenvalue weighted by molar-refractivity contribution is 6.06. The van der Waals surface area contributed by atoms with E-state index in [1.165, 1.54) is 0 Å². The van der Waals surface area contributed by atoms with Gasteiger partial charge in [-0.1, -0.05) is 0 Å². The maximum absolute atomic E-state index is 13.2. The molecule has 4 rings (SSSR count). The SMILES string of the molecule is CCn1ncc2c(NC3CCOCC3)c(C(=O)NCc3ccc(OC)cc3OC)cnc21. The van der Waals surface area contributed by atoms with Gasteiger partial charge in [-0.3, -0.25) is 4.79 Å². The molecule has 0 aliphatic carbocycles. The molecule has 2 aromatic heterocycles. The third-order valence-corrected chi connectivity index (χ3v) is 5.71. The monoisotopic (exact) mass is 439 g/mol. The van der Waals surface area contributed by atoms with Crippen molar-refractivity contribution in [1.29, 1.82) is 0 Å². The van der Waals surface area contributed by atoms with Crippen LogP contribution in [0.1, 0.15) is 35.7 Å². The van der Waals surface area contributed by atoms with E-state index in [2.05, 4.69) is 20.7 Å². The van der Waals surface area contributed by atoms with Crippen LogP contribution in [0.5, 0.6) is 11.5 Å². The number of ether oxygens (including phenoxy) is 3. The predicted octanol–water partition coefficient (Wildman–Crippen LogP) is 2.99. The van der Waals surface area contributed by atoms with Crippen LogP contribution in [0.4, 0.5) is 5.69 Å². The van der Waals surface area contributed by atoms with Gasteiger partial charge >= 0.3 is 0 Å². The summed E-state index contributed by atoms with van der Waals surface area (Å²) < 4.78 is 18.0.